The molecule has 10 rings (SSSR count). The van der Waals surface area contributed by atoms with E-state index < -0.39 is 5.82 Å². The van der Waals surface area contributed by atoms with E-state index in [1.54, 1.807) is 6.20 Å². The zero-order chi connectivity index (χ0) is 45.4. The molecule has 10 aromatic rings. The molecule has 0 aliphatic carbocycles. The van der Waals surface area contributed by atoms with Gasteiger partial charge in [-0.15, -0.1) is 42.0 Å². The molecule has 3 aromatic heterocycles. The van der Waals surface area contributed by atoms with Crippen LogP contribution in [0.5, 0.6) is 0 Å². The minimum absolute atomic E-state index is 0. The Morgan fingerprint density at radius 1 is 0.576 bits per heavy atom. The van der Waals surface area contributed by atoms with Crippen molar-refractivity contribution in [2.45, 2.75) is 79.1 Å². The van der Waals surface area contributed by atoms with E-state index in [0.29, 0.717) is 46.1 Å². The van der Waals surface area contributed by atoms with Crippen LogP contribution in [0.4, 0.5) is 4.39 Å². The minimum atomic E-state index is -0.431. The number of aromatic nitrogens is 3. The van der Waals surface area contributed by atoms with Crippen LogP contribution >= 0.6 is 0 Å². The Bertz CT molecular complexity index is 3240. The summed E-state index contributed by atoms with van der Waals surface area (Å²) in [5.74, 6) is 2.09. The van der Waals surface area contributed by atoms with Crippen LogP contribution in [0.3, 0.4) is 0 Å². The topological polar surface area (TPSA) is 43.9 Å². The summed E-state index contributed by atoms with van der Waals surface area (Å²) < 4.78 is 23.7. The predicted molar refractivity (Wildman–Crippen MR) is 268 cm³/mol. The summed E-state index contributed by atoms with van der Waals surface area (Å²) in [5.41, 5.74) is 16.6. The van der Waals surface area contributed by atoms with Crippen LogP contribution in [0.1, 0.15) is 101 Å². The third-order valence-corrected chi connectivity index (χ3v) is 12.3. The van der Waals surface area contributed by atoms with Gasteiger partial charge < -0.3 is 14.0 Å². The van der Waals surface area contributed by atoms with Gasteiger partial charge in [0.15, 0.2) is 0 Å². The Hall–Kier alpha value is -6.46. The minimum Gasteiger partial charge on any atom is -0.501 e. The number of fused-ring (bicyclic) bond motifs is 4. The first-order valence-electron chi connectivity index (χ1n) is 22.8. The maximum atomic E-state index is 15.0. The van der Waals surface area contributed by atoms with E-state index in [9.17, 15) is 4.39 Å². The Balaban J connectivity index is 0.000000187. The summed E-state index contributed by atoms with van der Waals surface area (Å²) in [5, 5.41) is 1.60. The van der Waals surface area contributed by atoms with Gasteiger partial charge in [0.05, 0.1) is 22.4 Å². The number of para-hydroxylation sites is 3. The van der Waals surface area contributed by atoms with E-state index in [2.05, 4.69) is 162 Å². The van der Waals surface area contributed by atoms with Gasteiger partial charge in [-0.1, -0.05) is 169 Å². The molecule has 0 aliphatic rings. The molecule has 0 spiro atoms. The molecule has 3 heterocycles. The van der Waals surface area contributed by atoms with Crippen molar-refractivity contribution in [3.8, 4) is 50.6 Å². The number of imidazole rings is 1. The Kier molecular flexibility index (Phi) is 13.7. The van der Waals surface area contributed by atoms with Gasteiger partial charge >= 0.3 is 0 Å². The van der Waals surface area contributed by atoms with E-state index in [1.165, 1.54) is 39.6 Å². The molecular weight excluding hydrogens is 990 g/mol. The van der Waals surface area contributed by atoms with Gasteiger partial charge in [0, 0.05) is 43.2 Å². The molecule has 0 unspecified atom stereocenters. The summed E-state index contributed by atoms with van der Waals surface area (Å²) in [6.07, 6.45) is 1.80. The second kappa shape index (κ2) is 19.6. The number of furan rings is 1. The Labute approximate surface area is 402 Å². The number of halogens is 1. The van der Waals surface area contributed by atoms with Crippen molar-refractivity contribution in [3.63, 3.8) is 0 Å². The molecule has 333 valence electrons. The van der Waals surface area contributed by atoms with E-state index in [4.69, 9.17) is 9.40 Å². The molecule has 0 bridgehead atoms. The molecule has 0 saturated carbocycles. The van der Waals surface area contributed by atoms with Crippen LogP contribution in [-0.4, -0.2) is 14.5 Å². The van der Waals surface area contributed by atoms with E-state index in [1.807, 2.05) is 60.7 Å². The second-order valence-corrected chi connectivity index (χ2v) is 18.1. The van der Waals surface area contributed by atoms with Crippen molar-refractivity contribution >= 4 is 33.0 Å². The number of nitrogens with zero attached hydrogens (tertiary/aromatic N) is 3. The molecule has 1 radical (unpaired) electrons. The largest absolute Gasteiger partial charge is 0.501 e. The van der Waals surface area contributed by atoms with Gasteiger partial charge in [0.2, 0.25) is 0 Å². The fourth-order valence-electron chi connectivity index (χ4n) is 9.12. The average Bonchev–Trinajstić information content (AvgIpc) is 3.90. The first-order valence-corrected chi connectivity index (χ1v) is 22.8. The van der Waals surface area contributed by atoms with Crippen LogP contribution in [0.2, 0.25) is 0 Å². The van der Waals surface area contributed by atoms with Crippen LogP contribution < -0.4 is 0 Å². The van der Waals surface area contributed by atoms with Gasteiger partial charge in [-0.25, -0.2) is 4.39 Å². The molecule has 4 nitrogen and oxygen atoms in total. The van der Waals surface area contributed by atoms with Crippen molar-refractivity contribution < 1.29 is 28.9 Å². The molecule has 0 N–H and O–H groups in total. The number of benzene rings is 7. The Morgan fingerprint density at radius 3 is 1.86 bits per heavy atom. The summed E-state index contributed by atoms with van der Waals surface area (Å²) in [4.78, 5) is 9.64. The van der Waals surface area contributed by atoms with Crippen molar-refractivity contribution in [3.05, 3.63) is 198 Å². The normalized spacial score (nSPS) is 11.5. The molecule has 0 atom stereocenters. The monoisotopic (exact) mass is 1040 g/mol. The third-order valence-electron chi connectivity index (χ3n) is 12.3. The average molecular weight is 1040 g/mol. The molecule has 0 amide bonds. The maximum absolute atomic E-state index is 15.0. The van der Waals surface area contributed by atoms with Gasteiger partial charge in [-0.2, -0.15) is 0 Å². The van der Waals surface area contributed by atoms with Crippen molar-refractivity contribution in [1.29, 1.82) is 0 Å². The second-order valence-electron chi connectivity index (χ2n) is 18.1. The fourth-order valence-corrected chi connectivity index (χ4v) is 9.12. The van der Waals surface area contributed by atoms with Crippen LogP contribution in [0.25, 0.3) is 83.6 Å². The van der Waals surface area contributed by atoms with Gasteiger partial charge in [-0.05, 0) is 98.1 Å². The number of hydrogen-bond donors (Lipinski definition) is 0. The standard InChI is InChI=1S/C35H29FNO.C25H25N2.Ir/c1-21(2)27-11-8-12-28(22(3)4)34(27)25-15-16-37-32(17-25)31-20-26(36)19-30-29-14-13-24(18-33(29)38-35(30)31)23-9-6-5-7-10-23;1-17(2)20-13-10-14-21(18(3)4)24(20)27-23-16-9-8-15-22(23)26-25(27)19-11-6-5-7-12-19;/h5-19,21-22H,1-4H3;5-11,13-18H,1-4H3;/q2*-1;. The van der Waals surface area contributed by atoms with E-state index in [-0.39, 0.29) is 20.1 Å². The quantitative estimate of drug-likeness (QED) is 0.135. The number of hydrogen-bond acceptors (Lipinski definition) is 3. The van der Waals surface area contributed by atoms with Crippen LogP contribution in [-0.2, 0) is 20.1 Å². The Morgan fingerprint density at radius 2 is 1.21 bits per heavy atom. The first-order chi connectivity index (χ1) is 31.5. The summed E-state index contributed by atoms with van der Waals surface area (Å²) in [6.45, 7) is 17.9. The molecule has 7 aromatic carbocycles. The summed E-state index contributed by atoms with van der Waals surface area (Å²) in [6, 6.07) is 57.8. The zero-order valence-corrected chi connectivity index (χ0v) is 41.2. The first kappa shape index (κ1) is 46.1. The van der Waals surface area contributed by atoms with Crippen molar-refractivity contribution in [2.75, 3.05) is 0 Å². The molecule has 6 heteroatoms. The van der Waals surface area contributed by atoms with Gasteiger partial charge in [-0.3, -0.25) is 4.98 Å². The number of pyridine rings is 1. The molecule has 0 fully saturated rings. The number of rotatable bonds is 9. The van der Waals surface area contributed by atoms with Crippen LogP contribution in [0, 0.1) is 17.9 Å². The summed E-state index contributed by atoms with van der Waals surface area (Å²) in [7, 11) is 0. The smallest absolute Gasteiger partial charge is 0.121 e. The molecule has 0 saturated heterocycles. The van der Waals surface area contributed by atoms with E-state index in [0.717, 1.165) is 49.9 Å². The van der Waals surface area contributed by atoms with Crippen LogP contribution in [0.15, 0.2) is 162 Å². The van der Waals surface area contributed by atoms with Gasteiger partial charge in [0.25, 0.3) is 0 Å². The maximum Gasteiger partial charge on any atom is 0.121 e. The SMILES string of the molecule is CC(C)c1cccc(C(C)C)c1-c1ccnc(-c2[c-]c(F)cc3c2oc2cc(-c4ccccc4)ccc23)c1.CC(C)c1cccc(C(C)C)c1-n1c(-c2[c-]cccc2)nc2ccccc21.[Ir]. The fraction of sp³-hybridized carbons (Fsp3) is 0.200. The summed E-state index contributed by atoms with van der Waals surface area (Å²) >= 11 is 0. The molecule has 66 heavy (non-hydrogen) atoms. The zero-order valence-electron chi connectivity index (χ0n) is 38.8. The molecular formula is C60H54FIrN3O-2. The van der Waals surface area contributed by atoms with Gasteiger partial charge in [0.1, 0.15) is 5.58 Å². The predicted octanol–water partition coefficient (Wildman–Crippen LogP) is 16.9. The third kappa shape index (κ3) is 8.93. The molecule has 0 aliphatic heterocycles. The van der Waals surface area contributed by atoms with Crippen molar-refractivity contribution in [1.82, 2.24) is 14.5 Å². The van der Waals surface area contributed by atoms with E-state index >= 15 is 0 Å². The van der Waals surface area contributed by atoms with Crippen molar-refractivity contribution in [2.24, 2.45) is 0 Å².